The maximum Gasteiger partial charge on any atom is 0.317 e. The zero-order chi connectivity index (χ0) is 17.1. The highest BCUT2D eigenvalue weighted by Gasteiger charge is 2.35. The lowest BCUT2D eigenvalue weighted by Gasteiger charge is -2.34. The molecule has 1 saturated heterocycles. The average Bonchev–Trinajstić information content (AvgIpc) is 3.46. The first-order valence-electron chi connectivity index (χ1n) is 8.93. The van der Waals surface area contributed by atoms with Gasteiger partial charge < -0.3 is 15.1 Å². The van der Waals surface area contributed by atoms with Crippen molar-refractivity contribution in [2.75, 3.05) is 20.1 Å². The molecule has 130 valence electrons. The highest BCUT2D eigenvalue weighted by atomic mass is 16.2. The topological polar surface area (TPSA) is 52.7 Å². The van der Waals surface area contributed by atoms with E-state index in [4.69, 9.17) is 0 Å². The molecule has 1 aromatic rings. The minimum absolute atomic E-state index is 0.0303. The summed E-state index contributed by atoms with van der Waals surface area (Å²) in [6.45, 7) is 3.56. The molecule has 1 saturated carbocycles. The predicted molar refractivity (Wildman–Crippen MR) is 93.5 cm³/mol. The van der Waals surface area contributed by atoms with Crippen LogP contribution in [0.2, 0.25) is 0 Å². The van der Waals surface area contributed by atoms with Crippen LogP contribution in [0.1, 0.15) is 44.2 Å². The van der Waals surface area contributed by atoms with Gasteiger partial charge in [-0.15, -0.1) is 0 Å². The van der Waals surface area contributed by atoms with E-state index >= 15 is 0 Å². The molecule has 1 atom stereocenters. The summed E-state index contributed by atoms with van der Waals surface area (Å²) in [5, 5.41) is 3.12. The smallest absolute Gasteiger partial charge is 0.317 e. The summed E-state index contributed by atoms with van der Waals surface area (Å²) in [6.07, 6.45) is 3.80. The van der Waals surface area contributed by atoms with Crippen LogP contribution in [0.5, 0.6) is 0 Å². The lowest BCUT2D eigenvalue weighted by molar-refractivity contribution is -0.133. The first-order chi connectivity index (χ1) is 11.6. The van der Waals surface area contributed by atoms with Gasteiger partial charge in [0.05, 0.1) is 6.04 Å². The fourth-order valence-electron chi connectivity index (χ4n) is 3.24. The quantitative estimate of drug-likeness (QED) is 0.923. The molecule has 0 spiro atoms. The van der Waals surface area contributed by atoms with E-state index < -0.39 is 0 Å². The van der Waals surface area contributed by atoms with Crippen molar-refractivity contribution in [3.63, 3.8) is 0 Å². The summed E-state index contributed by atoms with van der Waals surface area (Å²) in [5.74, 6) is 0.601. The third-order valence-corrected chi connectivity index (χ3v) is 5.24. The zero-order valence-corrected chi connectivity index (χ0v) is 14.6. The van der Waals surface area contributed by atoms with Gasteiger partial charge in [0, 0.05) is 32.1 Å². The van der Waals surface area contributed by atoms with Gasteiger partial charge in [0.15, 0.2) is 0 Å². The molecule has 2 aliphatic rings. The van der Waals surface area contributed by atoms with Gasteiger partial charge in [-0.2, -0.15) is 0 Å². The molecule has 1 unspecified atom stereocenters. The molecule has 1 aliphatic heterocycles. The van der Waals surface area contributed by atoms with Crippen LogP contribution in [0.25, 0.3) is 0 Å². The summed E-state index contributed by atoms with van der Waals surface area (Å²) < 4.78 is 0. The summed E-state index contributed by atoms with van der Waals surface area (Å²) in [5.41, 5.74) is 1.12. The largest absolute Gasteiger partial charge is 0.342 e. The van der Waals surface area contributed by atoms with E-state index in [2.05, 4.69) is 5.32 Å². The van der Waals surface area contributed by atoms with Gasteiger partial charge in [-0.25, -0.2) is 4.79 Å². The monoisotopic (exact) mass is 329 g/mol. The molecule has 3 amide bonds. The average molecular weight is 329 g/mol. The number of nitrogens with zero attached hydrogens (tertiary/aromatic N) is 2. The number of urea groups is 1. The van der Waals surface area contributed by atoms with Gasteiger partial charge >= 0.3 is 6.03 Å². The molecular weight excluding hydrogens is 302 g/mol. The van der Waals surface area contributed by atoms with Crippen LogP contribution in [0.15, 0.2) is 30.3 Å². The molecule has 1 aromatic carbocycles. The minimum Gasteiger partial charge on any atom is -0.342 e. The molecule has 5 heteroatoms. The van der Waals surface area contributed by atoms with Gasteiger partial charge in [-0.1, -0.05) is 30.3 Å². The van der Waals surface area contributed by atoms with Gasteiger partial charge in [0.25, 0.3) is 0 Å². The Morgan fingerprint density at radius 1 is 1.12 bits per heavy atom. The van der Waals surface area contributed by atoms with Crippen molar-refractivity contribution >= 4 is 11.9 Å². The molecule has 3 rings (SSSR count). The minimum atomic E-state index is -0.0432. The van der Waals surface area contributed by atoms with E-state index in [0.29, 0.717) is 5.91 Å². The van der Waals surface area contributed by atoms with Crippen molar-refractivity contribution in [1.29, 1.82) is 0 Å². The van der Waals surface area contributed by atoms with E-state index in [1.807, 2.05) is 49.2 Å². The van der Waals surface area contributed by atoms with Crippen LogP contribution >= 0.6 is 0 Å². The van der Waals surface area contributed by atoms with Crippen molar-refractivity contribution in [2.45, 2.75) is 44.7 Å². The molecule has 24 heavy (non-hydrogen) atoms. The Morgan fingerprint density at radius 3 is 2.33 bits per heavy atom. The molecule has 0 bridgehead atoms. The second-order valence-corrected chi connectivity index (χ2v) is 7.02. The van der Waals surface area contributed by atoms with Crippen molar-refractivity contribution in [3.05, 3.63) is 35.9 Å². The van der Waals surface area contributed by atoms with Crippen molar-refractivity contribution in [1.82, 2.24) is 15.1 Å². The van der Waals surface area contributed by atoms with Crippen LogP contribution in [0, 0.1) is 5.92 Å². The Kier molecular flexibility index (Phi) is 5.07. The first-order valence-corrected chi connectivity index (χ1v) is 8.93. The van der Waals surface area contributed by atoms with Crippen LogP contribution in [-0.4, -0.2) is 47.9 Å². The van der Waals surface area contributed by atoms with Crippen molar-refractivity contribution in [2.24, 2.45) is 5.92 Å². The Morgan fingerprint density at radius 2 is 1.75 bits per heavy atom. The van der Waals surface area contributed by atoms with Gasteiger partial charge in [-0.3, -0.25) is 4.79 Å². The molecule has 0 aromatic heterocycles. The van der Waals surface area contributed by atoms with Crippen LogP contribution in [0.4, 0.5) is 4.79 Å². The summed E-state index contributed by atoms with van der Waals surface area (Å²) in [6, 6.07) is 10.2. The number of benzene rings is 1. The lowest BCUT2D eigenvalue weighted by Crippen LogP contribution is -2.50. The number of piperidine rings is 1. The second kappa shape index (κ2) is 7.24. The van der Waals surface area contributed by atoms with E-state index in [-0.39, 0.29) is 24.0 Å². The fraction of sp³-hybridized carbons (Fsp3) is 0.579. The number of hydrogen-bond donors (Lipinski definition) is 1. The Balaban J connectivity index is 1.47. The normalized spacial score (nSPS) is 19.7. The van der Waals surface area contributed by atoms with Crippen molar-refractivity contribution < 1.29 is 9.59 Å². The standard InChI is InChI=1S/C19H27N3O2/c1-14(15-6-4-3-5-7-15)21(2)19(24)20-17-10-12-22(13-11-17)18(23)16-8-9-16/h3-7,14,16-17H,8-13H2,1-2H3,(H,20,24). The maximum atomic E-state index is 12.5. The van der Waals surface area contributed by atoms with Gasteiger partial charge in [-0.05, 0) is 38.2 Å². The summed E-state index contributed by atoms with van der Waals surface area (Å²) >= 11 is 0. The number of nitrogens with one attached hydrogen (secondary N) is 1. The van der Waals surface area contributed by atoms with Gasteiger partial charge in [0.1, 0.15) is 0 Å². The van der Waals surface area contributed by atoms with E-state index in [1.54, 1.807) is 4.90 Å². The number of carbonyl (C=O) groups is 2. The summed E-state index contributed by atoms with van der Waals surface area (Å²) in [7, 11) is 1.83. The van der Waals surface area contributed by atoms with Crippen LogP contribution in [0.3, 0.4) is 0 Å². The van der Waals surface area contributed by atoms with E-state index in [1.165, 1.54) is 0 Å². The van der Waals surface area contributed by atoms with Gasteiger partial charge in [0.2, 0.25) is 5.91 Å². The molecule has 5 nitrogen and oxygen atoms in total. The third-order valence-electron chi connectivity index (χ3n) is 5.24. The molecular formula is C19H27N3O2. The molecule has 2 fully saturated rings. The third kappa shape index (κ3) is 3.89. The maximum absolute atomic E-state index is 12.5. The van der Waals surface area contributed by atoms with E-state index in [9.17, 15) is 9.59 Å². The second-order valence-electron chi connectivity index (χ2n) is 7.02. The number of hydrogen-bond acceptors (Lipinski definition) is 2. The van der Waals surface area contributed by atoms with Crippen LogP contribution in [-0.2, 0) is 4.79 Å². The highest BCUT2D eigenvalue weighted by molar-refractivity contribution is 5.81. The number of amides is 3. The Labute approximate surface area is 144 Å². The lowest BCUT2D eigenvalue weighted by atomic mass is 10.0. The Bertz CT molecular complexity index is 578. The van der Waals surface area contributed by atoms with Crippen molar-refractivity contribution in [3.8, 4) is 0 Å². The Hall–Kier alpha value is -2.04. The molecule has 1 heterocycles. The number of rotatable bonds is 4. The fourth-order valence-corrected chi connectivity index (χ4v) is 3.24. The summed E-state index contributed by atoms with van der Waals surface area (Å²) in [4.78, 5) is 28.3. The SMILES string of the molecule is CC(c1ccccc1)N(C)C(=O)NC1CCN(C(=O)C2CC2)CC1. The number of carbonyl (C=O) groups excluding carboxylic acids is 2. The molecule has 0 radical (unpaired) electrons. The zero-order valence-electron chi connectivity index (χ0n) is 14.6. The van der Waals surface area contributed by atoms with E-state index in [0.717, 1.165) is 44.3 Å². The number of likely N-dealkylation sites (tertiary alicyclic amines) is 1. The predicted octanol–water partition coefficient (Wildman–Crippen LogP) is 2.79. The first kappa shape index (κ1) is 16.8. The molecule has 1 N–H and O–H groups in total. The van der Waals surface area contributed by atoms with Crippen LogP contribution < -0.4 is 5.32 Å². The highest BCUT2D eigenvalue weighted by Crippen LogP contribution is 2.32. The molecule has 1 aliphatic carbocycles.